The molecule has 158 valence electrons. The fraction of sp³-hybridized carbons (Fsp3) is 0.550. The first-order chi connectivity index (χ1) is 14.0. The number of halogens is 1. The molecule has 1 aromatic heterocycles. The Bertz CT molecular complexity index is 901. The summed E-state index contributed by atoms with van der Waals surface area (Å²) in [6.07, 6.45) is 4.15. The highest BCUT2D eigenvalue weighted by Crippen LogP contribution is 2.25. The molecule has 0 radical (unpaired) electrons. The third-order valence-corrected chi connectivity index (χ3v) is 8.55. The van der Waals surface area contributed by atoms with E-state index in [4.69, 9.17) is 0 Å². The second-order valence-electron chi connectivity index (χ2n) is 7.65. The van der Waals surface area contributed by atoms with Gasteiger partial charge < -0.3 is 0 Å². The van der Waals surface area contributed by atoms with Crippen LogP contribution in [0.4, 0.5) is 4.39 Å². The Morgan fingerprint density at radius 1 is 0.897 bits per heavy atom. The molecule has 0 bridgehead atoms. The zero-order valence-corrected chi connectivity index (χ0v) is 18.1. The van der Waals surface area contributed by atoms with Crippen LogP contribution in [0, 0.1) is 5.82 Å². The molecule has 1 aromatic carbocycles. The van der Waals surface area contributed by atoms with Gasteiger partial charge in [0.2, 0.25) is 0 Å². The van der Waals surface area contributed by atoms with Crippen molar-refractivity contribution < 1.29 is 12.8 Å². The van der Waals surface area contributed by atoms with Crippen molar-refractivity contribution in [1.82, 2.24) is 18.5 Å². The summed E-state index contributed by atoms with van der Waals surface area (Å²) in [6.45, 7) is 4.45. The molecule has 2 aliphatic rings. The lowest BCUT2D eigenvalue weighted by atomic mass is 10.2. The molecule has 0 N–H and O–H groups in total. The van der Waals surface area contributed by atoms with E-state index in [0.717, 1.165) is 41.9 Å². The number of hydrogen-bond acceptors (Lipinski definition) is 5. The average Bonchev–Trinajstić information content (AvgIpc) is 3.00. The van der Waals surface area contributed by atoms with Gasteiger partial charge in [-0.2, -0.15) is 17.0 Å². The first kappa shape index (κ1) is 20.9. The van der Waals surface area contributed by atoms with Crippen LogP contribution in [-0.4, -0.2) is 66.2 Å². The van der Waals surface area contributed by atoms with Gasteiger partial charge in [0, 0.05) is 56.8 Å². The number of piperazine rings is 1. The summed E-state index contributed by atoms with van der Waals surface area (Å²) in [4.78, 5) is 6.92. The quantitative estimate of drug-likeness (QED) is 0.720. The van der Waals surface area contributed by atoms with E-state index in [1.165, 1.54) is 12.1 Å². The molecule has 6 nitrogen and oxygen atoms in total. The predicted molar refractivity (Wildman–Crippen MR) is 113 cm³/mol. The number of benzene rings is 1. The van der Waals surface area contributed by atoms with E-state index in [1.54, 1.807) is 32.1 Å². The van der Waals surface area contributed by atoms with Crippen LogP contribution in [0.15, 0.2) is 29.6 Å². The summed E-state index contributed by atoms with van der Waals surface area (Å²) in [5, 5.41) is 2.90. The van der Waals surface area contributed by atoms with Crippen molar-refractivity contribution in [3.05, 3.63) is 41.2 Å². The smallest absolute Gasteiger partial charge is 0.282 e. The monoisotopic (exact) mass is 438 g/mol. The van der Waals surface area contributed by atoms with E-state index in [0.29, 0.717) is 45.8 Å². The number of rotatable bonds is 5. The standard InChI is InChI=1S/C20H27FN4O2S2/c21-18-7-5-17(6-8-18)20-22-19(16-28-20)15-23-11-13-25(14-12-23)29(26,27)24-9-3-1-2-4-10-24/h5-8,16H,1-4,9-15H2. The van der Waals surface area contributed by atoms with Crippen LogP contribution in [0.2, 0.25) is 0 Å². The Balaban J connectivity index is 1.32. The number of hydrogen-bond donors (Lipinski definition) is 0. The highest BCUT2D eigenvalue weighted by Gasteiger charge is 2.32. The second kappa shape index (κ2) is 9.18. The largest absolute Gasteiger partial charge is 0.295 e. The molecule has 2 saturated heterocycles. The van der Waals surface area contributed by atoms with E-state index in [9.17, 15) is 12.8 Å². The van der Waals surface area contributed by atoms with Crippen LogP contribution in [0.3, 0.4) is 0 Å². The maximum atomic E-state index is 13.1. The Hall–Kier alpha value is -1.39. The lowest BCUT2D eigenvalue weighted by molar-refractivity contribution is 0.173. The van der Waals surface area contributed by atoms with Gasteiger partial charge in [0.1, 0.15) is 10.8 Å². The van der Waals surface area contributed by atoms with Gasteiger partial charge in [-0.25, -0.2) is 9.37 Å². The minimum Gasteiger partial charge on any atom is -0.295 e. The normalized spacial score (nSPS) is 20.6. The highest BCUT2D eigenvalue weighted by atomic mass is 32.2. The number of aromatic nitrogens is 1. The van der Waals surface area contributed by atoms with Crippen molar-refractivity contribution in [2.45, 2.75) is 32.2 Å². The van der Waals surface area contributed by atoms with Crippen molar-refractivity contribution in [1.29, 1.82) is 0 Å². The molecule has 9 heteroatoms. The number of nitrogens with zero attached hydrogens (tertiary/aromatic N) is 4. The molecule has 3 heterocycles. The Morgan fingerprint density at radius 3 is 2.17 bits per heavy atom. The maximum absolute atomic E-state index is 13.1. The highest BCUT2D eigenvalue weighted by molar-refractivity contribution is 7.86. The van der Waals surface area contributed by atoms with Crippen molar-refractivity contribution >= 4 is 21.5 Å². The summed E-state index contributed by atoms with van der Waals surface area (Å²) in [6, 6.07) is 6.37. The minimum atomic E-state index is -3.34. The molecule has 2 fully saturated rings. The third kappa shape index (κ3) is 5.03. The van der Waals surface area contributed by atoms with Crippen LogP contribution in [-0.2, 0) is 16.8 Å². The summed E-state index contributed by atoms with van der Waals surface area (Å²) in [5.41, 5.74) is 1.88. The molecule has 4 rings (SSSR count). The van der Waals surface area contributed by atoms with Gasteiger partial charge in [0.25, 0.3) is 10.2 Å². The van der Waals surface area contributed by atoms with Gasteiger partial charge in [-0.3, -0.25) is 4.90 Å². The average molecular weight is 439 g/mol. The summed E-state index contributed by atoms with van der Waals surface area (Å²) >= 11 is 1.55. The van der Waals surface area contributed by atoms with Crippen molar-refractivity contribution in [3.63, 3.8) is 0 Å². The fourth-order valence-corrected chi connectivity index (χ4v) is 6.38. The zero-order chi connectivity index (χ0) is 20.3. The zero-order valence-electron chi connectivity index (χ0n) is 16.5. The van der Waals surface area contributed by atoms with Gasteiger partial charge in [0.05, 0.1) is 5.69 Å². The van der Waals surface area contributed by atoms with Crippen LogP contribution in [0.25, 0.3) is 10.6 Å². The predicted octanol–water partition coefficient (Wildman–Crippen LogP) is 3.19. The Kier molecular flexibility index (Phi) is 6.60. The summed E-state index contributed by atoms with van der Waals surface area (Å²) in [5.74, 6) is -0.251. The lowest BCUT2D eigenvalue weighted by Crippen LogP contribution is -2.52. The summed E-state index contributed by atoms with van der Waals surface area (Å²) in [7, 11) is -3.34. The van der Waals surface area contributed by atoms with E-state index in [2.05, 4.69) is 9.88 Å². The number of thiazole rings is 1. The molecule has 0 spiro atoms. The fourth-order valence-electron chi connectivity index (χ4n) is 3.89. The first-order valence-electron chi connectivity index (χ1n) is 10.2. The third-order valence-electron chi connectivity index (χ3n) is 5.58. The first-order valence-corrected chi connectivity index (χ1v) is 12.5. The lowest BCUT2D eigenvalue weighted by Gasteiger charge is -2.36. The maximum Gasteiger partial charge on any atom is 0.282 e. The molecule has 2 aliphatic heterocycles. The molecule has 0 saturated carbocycles. The van der Waals surface area contributed by atoms with Gasteiger partial charge >= 0.3 is 0 Å². The van der Waals surface area contributed by atoms with E-state index in [-0.39, 0.29) is 5.82 Å². The van der Waals surface area contributed by atoms with Crippen molar-refractivity contribution in [3.8, 4) is 10.6 Å². The molecular weight excluding hydrogens is 411 g/mol. The van der Waals surface area contributed by atoms with Crippen LogP contribution >= 0.6 is 11.3 Å². The van der Waals surface area contributed by atoms with Gasteiger partial charge in [0.15, 0.2) is 0 Å². The molecule has 0 unspecified atom stereocenters. The van der Waals surface area contributed by atoms with Gasteiger partial charge in [-0.1, -0.05) is 12.8 Å². The van der Waals surface area contributed by atoms with Crippen molar-refractivity contribution in [2.75, 3.05) is 39.3 Å². The Labute approximate surface area is 176 Å². The van der Waals surface area contributed by atoms with Crippen LogP contribution in [0.5, 0.6) is 0 Å². The SMILES string of the molecule is O=S(=O)(N1CCCCCC1)N1CCN(Cc2csc(-c3ccc(F)cc3)n2)CC1. The second-order valence-corrected chi connectivity index (χ2v) is 10.4. The molecule has 0 atom stereocenters. The van der Waals surface area contributed by atoms with E-state index < -0.39 is 10.2 Å². The van der Waals surface area contributed by atoms with Gasteiger partial charge in [-0.15, -0.1) is 11.3 Å². The molecule has 2 aromatic rings. The van der Waals surface area contributed by atoms with Crippen molar-refractivity contribution in [2.24, 2.45) is 0 Å². The van der Waals surface area contributed by atoms with E-state index in [1.807, 2.05) is 5.38 Å². The van der Waals surface area contributed by atoms with Gasteiger partial charge in [-0.05, 0) is 37.1 Å². The topological polar surface area (TPSA) is 56.8 Å². The molecular formula is C20H27FN4O2S2. The molecule has 0 amide bonds. The Morgan fingerprint density at radius 2 is 1.52 bits per heavy atom. The van der Waals surface area contributed by atoms with Crippen LogP contribution < -0.4 is 0 Å². The van der Waals surface area contributed by atoms with Crippen LogP contribution in [0.1, 0.15) is 31.4 Å². The summed E-state index contributed by atoms with van der Waals surface area (Å²) < 4.78 is 42.3. The molecule has 0 aliphatic carbocycles. The van der Waals surface area contributed by atoms with E-state index >= 15 is 0 Å². The molecule has 29 heavy (non-hydrogen) atoms. The minimum absolute atomic E-state index is 0.251.